The lowest BCUT2D eigenvalue weighted by Gasteiger charge is -2.46. The van der Waals surface area contributed by atoms with Gasteiger partial charge in [-0.3, -0.25) is 0 Å². The molecule has 0 heterocycles. The van der Waals surface area contributed by atoms with Gasteiger partial charge in [0.1, 0.15) is 5.92 Å². The molecule has 0 bridgehead atoms. The fourth-order valence-corrected chi connectivity index (χ4v) is 3.85. The molecule has 1 aliphatic rings. The van der Waals surface area contributed by atoms with Crippen molar-refractivity contribution in [3.63, 3.8) is 0 Å². The van der Waals surface area contributed by atoms with Crippen molar-refractivity contribution in [3.8, 4) is 12.1 Å². The van der Waals surface area contributed by atoms with Gasteiger partial charge >= 0.3 is 0 Å². The zero-order valence-electron chi connectivity index (χ0n) is 12.0. The molecule has 0 saturated carbocycles. The van der Waals surface area contributed by atoms with Crippen LogP contribution in [0.2, 0.25) is 0 Å². The Morgan fingerprint density at radius 1 is 1.40 bits per heavy atom. The number of rotatable bonds is 4. The van der Waals surface area contributed by atoms with Crippen LogP contribution >= 0.6 is 0 Å². The second-order valence-corrected chi connectivity index (χ2v) is 5.53. The van der Waals surface area contributed by atoms with Crippen LogP contribution in [0, 0.1) is 34.5 Å². The van der Waals surface area contributed by atoms with E-state index >= 15 is 0 Å². The van der Waals surface area contributed by atoms with Crippen LogP contribution in [0.15, 0.2) is 36.9 Å². The molecule has 0 spiro atoms. The predicted octanol–water partition coefficient (Wildman–Crippen LogP) is 4.14. The first-order valence-corrected chi connectivity index (χ1v) is 7.23. The van der Waals surface area contributed by atoms with E-state index in [1.165, 1.54) is 11.1 Å². The van der Waals surface area contributed by atoms with Gasteiger partial charge in [-0.2, -0.15) is 10.5 Å². The molecule has 2 rings (SSSR count). The summed E-state index contributed by atoms with van der Waals surface area (Å²) in [5.74, 6) is -0.258. The maximum atomic E-state index is 9.50. The molecule has 0 radical (unpaired) electrons. The SMILES string of the molecule is C=CC[C@]1(C(C#N)C#N)c2ccccc2CCC1CC. The van der Waals surface area contributed by atoms with E-state index in [-0.39, 0.29) is 0 Å². The quantitative estimate of drug-likeness (QED) is 0.767. The summed E-state index contributed by atoms with van der Waals surface area (Å²) >= 11 is 0. The average Bonchev–Trinajstić information content (AvgIpc) is 2.49. The minimum atomic E-state index is -0.619. The normalized spacial score (nSPS) is 24.5. The van der Waals surface area contributed by atoms with Crippen LogP contribution < -0.4 is 0 Å². The molecular formula is C18H20N2. The highest BCUT2D eigenvalue weighted by atomic mass is 14.5. The van der Waals surface area contributed by atoms with Crippen molar-refractivity contribution in [2.75, 3.05) is 0 Å². The van der Waals surface area contributed by atoms with Crippen molar-refractivity contribution >= 4 is 0 Å². The number of allylic oxidation sites excluding steroid dienone is 1. The van der Waals surface area contributed by atoms with E-state index in [9.17, 15) is 10.5 Å². The molecule has 20 heavy (non-hydrogen) atoms. The number of nitriles is 2. The van der Waals surface area contributed by atoms with Crippen molar-refractivity contribution in [2.24, 2.45) is 11.8 Å². The third kappa shape index (κ3) is 2.02. The van der Waals surface area contributed by atoms with Crippen LogP contribution in [0.1, 0.15) is 37.3 Å². The van der Waals surface area contributed by atoms with Crippen molar-refractivity contribution in [2.45, 2.75) is 38.0 Å². The molecule has 0 aliphatic heterocycles. The van der Waals surface area contributed by atoms with Gasteiger partial charge in [-0.05, 0) is 36.3 Å². The molecule has 0 fully saturated rings. The fraction of sp³-hybridized carbons (Fsp3) is 0.444. The van der Waals surface area contributed by atoms with Crippen LogP contribution in [0.25, 0.3) is 0 Å². The predicted molar refractivity (Wildman–Crippen MR) is 79.8 cm³/mol. The Labute approximate surface area is 121 Å². The first-order valence-electron chi connectivity index (χ1n) is 7.23. The van der Waals surface area contributed by atoms with Gasteiger partial charge in [0.25, 0.3) is 0 Å². The lowest BCUT2D eigenvalue weighted by atomic mass is 9.55. The smallest absolute Gasteiger partial charge is 0.143 e. The second kappa shape index (κ2) is 5.93. The minimum absolute atomic E-state index is 0.361. The number of benzene rings is 1. The first-order chi connectivity index (χ1) is 9.74. The molecule has 1 aromatic rings. The summed E-state index contributed by atoms with van der Waals surface area (Å²) in [6.45, 7) is 6.03. The summed E-state index contributed by atoms with van der Waals surface area (Å²) < 4.78 is 0. The van der Waals surface area contributed by atoms with Gasteiger partial charge in [0.05, 0.1) is 12.1 Å². The zero-order chi connectivity index (χ0) is 14.6. The third-order valence-electron chi connectivity index (χ3n) is 4.76. The number of nitrogens with zero attached hydrogens (tertiary/aromatic N) is 2. The van der Waals surface area contributed by atoms with E-state index in [0.717, 1.165) is 19.3 Å². The summed E-state index contributed by atoms with van der Waals surface area (Å²) in [7, 11) is 0. The molecule has 2 nitrogen and oxygen atoms in total. The largest absolute Gasteiger partial charge is 0.197 e. The van der Waals surface area contributed by atoms with Crippen molar-refractivity contribution in [3.05, 3.63) is 48.0 Å². The Bertz CT molecular complexity index is 562. The van der Waals surface area contributed by atoms with Gasteiger partial charge in [0, 0.05) is 5.41 Å². The highest BCUT2D eigenvalue weighted by Crippen LogP contribution is 2.50. The first kappa shape index (κ1) is 14.4. The Hall–Kier alpha value is -2.06. The molecule has 2 heteroatoms. The van der Waals surface area contributed by atoms with E-state index in [1.54, 1.807) is 0 Å². The monoisotopic (exact) mass is 264 g/mol. The van der Waals surface area contributed by atoms with E-state index in [0.29, 0.717) is 12.3 Å². The van der Waals surface area contributed by atoms with E-state index in [4.69, 9.17) is 0 Å². The maximum Gasteiger partial charge on any atom is 0.143 e. The van der Waals surface area contributed by atoms with E-state index in [2.05, 4.69) is 37.8 Å². The summed E-state index contributed by atoms with van der Waals surface area (Å²) in [4.78, 5) is 0. The molecule has 0 amide bonds. The molecule has 0 N–H and O–H groups in total. The fourth-order valence-electron chi connectivity index (χ4n) is 3.85. The number of hydrogen-bond acceptors (Lipinski definition) is 2. The molecule has 0 saturated heterocycles. The van der Waals surface area contributed by atoms with Crippen LogP contribution in [-0.2, 0) is 11.8 Å². The van der Waals surface area contributed by atoms with E-state index in [1.807, 2.05) is 18.2 Å². The molecule has 1 unspecified atom stereocenters. The van der Waals surface area contributed by atoms with Crippen molar-refractivity contribution in [1.82, 2.24) is 0 Å². The lowest BCUT2D eigenvalue weighted by Crippen LogP contribution is -2.44. The van der Waals surface area contributed by atoms with Crippen LogP contribution in [0.4, 0.5) is 0 Å². The molecule has 0 aromatic heterocycles. The Balaban J connectivity index is 2.70. The molecule has 2 atom stereocenters. The summed E-state index contributed by atoms with van der Waals surface area (Å²) in [6.07, 6.45) is 5.63. The lowest BCUT2D eigenvalue weighted by molar-refractivity contribution is 0.198. The number of hydrogen-bond donors (Lipinski definition) is 0. The molecule has 1 aromatic carbocycles. The van der Waals surface area contributed by atoms with Crippen LogP contribution in [0.3, 0.4) is 0 Å². The standard InChI is InChI=1S/C18H20N2/c1-3-11-18(16(12-19)13-20)15(4-2)10-9-14-7-5-6-8-17(14)18/h3,5-8,15-16H,1,4,9-11H2,2H3/t15?,18-/m0/s1. The Morgan fingerprint density at radius 3 is 2.70 bits per heavy atom. The minimum Gasteiger partial charge on any atom is -0.197 e. The van der Waals surface area contributed by atoms with Crippen molar-refractivity contribution in [1.29, 1.82) is 10.5 Å². The van der Waals surface area contributed by atoms with Crippen molar-refractivity contribution < 1.29 is 0 Å². The number of fused-ring (bicyclic) bond motifs is 1. The second-order valence-electron chi connectivity index (χ2n) is 5.53. The summed E-state index contributed by atoms with van der Waals surface area (Å²) in [5.41, 5.74) is 2.08. The van der Waals surface area contributed by atoms with Gasteiger partial charge < -0.3 is 0 Å². The Morgan fingerprint density at radius 2 is 2.10 bits per heavy atom. The molecule has 102 valence electrons. The van der Waals surface area contributed by atoms with Gasteiger partial charge in [-0.1, -0.05) is 43.7 Å². The zero-order valence-corrected chi connectivity index (χ0v) is 12.0. The van der Waals surface area contributed by atoms with E-state index < -0.39 is 11.3 Å². The Kier molecular flexibility index (Phi) is 4.26. The summed E-state index contributed by atoms with van der Waals surface area (Å²) in [6, 6.07) is 12.8. The number of aryl methyl sites for hydroxylation is 1. The third-order valence-corrected chi connectivity index (χ3v) is 4.76. The van der Waals surface area contributed by atoms with Gasteiger partial charge in [0.2, 0.25) is 0 Å². The van der Waals surface area contributed by atoms with Gasteiger partial charge in [0.15, 0.2) is 0 Å². The maximum absolute atomic E-state index is 9.50. The average molecular weight is 264 g/mol. The van der Waals surface area contributed by atoms with Gasteiger partial charge in [-0.25, -0.2) is 0 Å². The highest BCUT2D eigenvalue weighted by Gasteiger charge is 2.48. The molecule has 1 aliphatic carbocycles. The van der Waals surface area contributed by atoms with Gasteiger partial charge in [-0.15, -0.1) is 6.58 Å². The summed E-state index contributed by atoms with van der Waals surface area (Å²) in [5, 5.41) is 19.0. The van der Waals surface area contributed by atoms with Crippen LogP contribution in [-0.4, -0.2) is 0 Å². The molecular weight excluding hydrogens is 244 g/mol. The topological polar surface area (TPSA) is 47.6 Å². The highest BCUT2D eigenvalue weighted by molar-refractivity contribution is 5.42. The van der Waals surface area contributed by atoms with Crippen LogP contribution in [0.5, 0.6) is 0 Å².